The minimum absolute atomic E-state index is 0. The molecule has 0 aromatic heterocycles. The molecule has 0 fully saturated rings. The Hall–Kier alpha value is -0.320. The van der Waals surface area contributed by atoms with Gasteiger partial charge in [0.15, 0.2) is 0 Å². The molecule has 0 unspecified atom stereocenters. The molecule has 0 aliphatic rings. The molecule has 0 spiro atoms. The molecule has 0 atom stereocenters. The van der Waals surface area contributed by atoms with Gasteiger partial charge in [0.2, 0.25) is 0 Å². The molecule has 7 heavy (non-hydrogen) atoms. The summed E-state index contributed by atoms with van der Waals surface area (Å²) in [6.45, 7) is -1.23. The van der Waals surface area contributed by atoms with Crippen molar-refractivity contribution in [3.05, 3.63) is 0 Å². The lowest BCUT2D eigenvalue weighted by Crippen LogP contribution is -2.21. The zero-order valence-corrected chi connectivity index (χ0v) is 3.33. The lowest BCUT2D eigenvalue weighted by Gasteiger charge is -1.96. The molecule has 0 aliphatic carbocycles. The predicted octanol–water partition coefficient (Wildman–Crippen LogP) is 0.660. The Labute approximate surface area is 37.7 Å². The van der Waals surface area contributed by atoms with E-state index in [1.54, 1.807) is 0 Å². The Morgan fingerprint density at radius 1 is 1.29 bits per heavy atom. The van der Waals surface area contributed by atoms with Gasteiger partial charge in [0.1, 0.15) is 0 Å². The molecular weight excluding hydrogens is 114 g/mol. The average Bonchev–Trinajstić information content (AvgIpc) is 1.35. The first-order chi connectivity index (χ1) is 2.56. The second-order valence-corrected chi connectivity index (χ2v) is 0.819. The maximum atomic E-state index is 10.7. The highest BCUT2D eigenvalue weighted by Gasteiger charge is 2.23. The third-order valence-corrected chi connectivity index (χ3v) is 0.231. The van der Waals surface area contributed by atoms with Gasteiger partial charge in [-0.05, 0) is 0 Å². The third kappa shape index (κ3) is 10.7. The van der Waals surface area contributed by atoms with Gasteiger partial charge in [0.25, 0.3) is 0 Å². The summed E-state index contributed by atoms with van der Waals surface area (Å²) in [7, 11) is 0. The molecular formula is C2H5F4N. The quantitative estimate of drug-likeness (QED) is 0.466. The largest absolute Gasteiger partial charge is 0.400 e. The van der Waals surface area contributed by atoms with Crippen LogP contribution >= 0.6 is 0 Å². The number of hydrogen-bond donors (Lipinski definition) is 1. The van der Waals surface area contributed by atoms with Gasteiger partial charge in [-0.25, -0.2) is 0 Å². The smallest absolute Gasteiger partial charge is 0.323 e. The highest BCUT2D eigenvalue weighted by Crippen LogP contribution is 2.10. The van der Waals surface area contributed by atoms with Crippen LogP contribution in [0.15, 0.2) is 0 Å². The van der Waals surface area contributed by atoms with E-state index in [-0.39, 0.29) is 4.70 Å². The van der Waals surface area contributed by atoms with E-state index < -0.39 is 12.7 Å². The molecule has 1 nitrogen and oxygen atoms in total. The van der Waals surface area contributed by atoms with Gasteiger partial charge in [0, 0.05) is 0 Å². The SMILES string of the molecule is F.NCC(F)(F)F. The highest BCUT2D eigenvalue weighted by atomic mass is 19.4. The van der Waals surface area contributed by atoms with Crippen LogP contribution in [-0.2, 0) is 0 Å². The molecule has 0 saturated heterocycles. The van der Waals surface area contributed by atoms with Crippen LogP contribution in [0.4, 0.5) is 17.9 Å². The fraction of sp³-hybridized carbons (Fsp3) is 1.00. The van der Waals surface area contributed by atoms with Crippen molar-refractivity contribution in [1.29, 1.82) is 0 Å². The van der Waals surface area contributed by atoms with Crippen molar-refractivity contribution in [1.82, 2.24) is 0 Å². The number of nitrogens with two attached hydrogens (primary N) is 1. The summed E-state index contributed by atoms with van der Waals surface area (Å²) in [6, 6.07) is 0. The summed E-state index contributed by atoms with van der Waals surface area (Å²) in [5, 5.41) is 0. The van der Waals surface area contributed by atoms with Crippen molar-refractivity contribution in [2.75, 3.05) is 6.54 Å². The summed E-state index contributed by atoms with van der Waals surface area (Å²) in [4.78, 5) is 0. The van der Waals surface area contributed by atoms with Gasteiger partial charge < -0.3 is 5.73 Å². The minimum Gasteiger partial charge on any atom is -0.323 e. The number of hydrogen-bond acceptors (Lipinski definition) is 1. The van der Waals surface area contributed by atoms with E-state index in [2.05, 4.69) is 5.73 Å². The Bertz CT molecular complexity index is 39.4. The number of rotatable bonds is 0. The van der Waals surface area contributed by atoms with Crippen LogP contribution in [0.1, 0.15) is 0 Å². The summed E-state index contributed by atoms with van der Waals surface area (Å²) >= 11 is 0. The molecule has 0 saturated carbocycles. The van der Waals surface area contributed by atoms with Gasteiger partial charge in [-0.3, -0.25) is 4.70 Å². The van der Waals surface area contributed by atoms with Gasteiger partial charge in [-0.2, -0.15) is 13.2 Å². The van der Waals surface area contributed by atoms with Crippen LogP contribution in [0.3, 0.4) is 0 Å². The molecule has 0 aliphatic heterocycles. The molecule has 0 amide bonds. The Morgan fingerprint density at radius 3 is 1.43 bits per heavy atom. The Morgan fingerprint density at radius 2 is 1.43 bits per heavy atom. The van der Waals surface area contributed by atoms with Crippen molar-refractivity contribution in [2.24, 2.45) is 5.73 Å². The third-order valence-electron chi connectivity index (χ3n) is 0.231. The van der Waals surface area contributed by atoms with E-state index in [0.717, 1.165) is 0 Å². The molecule has 0 rings (SSSR count). The molecule has 0 bridgehead atoms. The lowest BCUT2D eigenvalue weighted by molar-refractivity contribution is -0.118. The normalized spacial score (nSPS) is 10.3. The second kappa shape index (κ2) is 2.79. The molecule has 0 aromatic carbocycles. The van der Waals surface area contributed by atoms with Crippen LogP contribution in [0, 0.1) is 0 Å². The zero-order chi connectivity index (χ0) is 5.21. The fourth-order valence-corrected chi connectivity index (χ4v) is 0. The van der Waals surface area contributed by atoms with E-state index in [1.807, 2.05) is 0 Å². The van der Waals surface area contributed by atoms with Gasteiger partial charge in [-0.15, -0.1) is 0 Å². The van der Waals surface area contributed by atoms with Crippen molar-refractivity contribution in [3.8, 4) is 0 Å². The fourth-order valence-electron chi connectivity index (χ4n) is 0. The highest BCUT2D eigenvalue weighted by molar-refractivity contribution is 4.44. The van der Waals surface area contributed by atoms with Crippen molar-refractivity contribution in [3.63, 3.8) is 0 Å². The lowest BCUT2D eigenvalue weighted by atomic mass is 10.7. The topological polar surface area (TPSA) is 26.0 Å². The maximum absolute atomic E-state index is 10.7. The van der Waals surface area contributed by atoms with Crippen LogP contribution in [0.2, 0.25) is 0 Å². The van der Waals surface area contributed by atoms with E-state index in [4.69, 9.17) is 0 Å². The predicted molar refractivity (Wildman–Crippen MR) is 17.6 cm³/mol. The average molecular weight is 119 g/mol. The zero-order valence-electron chi connectivity index (χ0n) is 3.33. The first kappa shape index (κ1) is 9.84. The molecule has 0 aromatic rings. The minimum atomic E-state index is -4.18. The molecule has 2 N–H and O–H groups in total. The summed E-state index contributed by atoms with van der Waals surface area (Å²) in [6.07, 6.45) is -4.18. The van der Waals surface area contributed by atoms with Crippen LogP contribution in [-0.4, -0.2) is 12.7 Å². The first-order valence-corrected chi connectivity index (χ1v) is 1.33. The van der Waals surface area contributed by atoms with Crippen molar-refractivity contribution < 1.29 is 17.9 Å². The van der Waals surface area contributed by atoms with E-state index in [0.29, 0.717) is 0 Å². The monoisotopic (exact) mass is 119 g/mol. The van der Waals surface area contributed by atoms with E-state index in [9.17, 15) is 13.2 Å². The van der Waals surface area contributed by atoms with Gasteiger partial charge in [0.05, 0.1) is 6.54 Å². The van der Waals surface area contributed by atoms with Crippen molar-refractivity contribution in [2.45, 2.75) is 6.18 Å². The first-order valence-electron chi connectivity index (χ1n) is 1.33. The summed E-state index contributed by atoms with van der Waals surface area (Å²) in [5.41, 5.74) is 4.18. The second-order valence-electron chi connectivity index (χ2n) is 0.819. The van der Waals surface area contributed by atoms with E-state index >= 15 is 0 Å². The van der Waals surface area contributed by atoms with Crippen LogP contribution in [0.25, 0.3) is 0 Å². The molecule has 46 valence electrons. The maximum Gasteiger partial charge on any atom is 0.400 e. The van der Waals surface area contributed by atoms with Gasteiger partial charge in [-0.1, -0.05) is 0 Å². The molecule has 0 radical (unpaired) electrons. The number of halogens is 4. The number of alkyl halides is 3. The standard InChI is InChI=1S/C2H4F3N.FH/c3-2(4,5)1-6;/h1,6H2;1H. The summed E-state index contributed by atoms with van der Waals surface area (Å²) in [5.74, 6) is 0. The van der Waals surface area contributed by atoms with Crippen LogP contribution in [0.5, 0.6) is 0 Å². The van der Waals surface area contributed by atoms with Gasteiger partial charge >= 0.3 is 6.18 Å². The Balaban J connectivity index is 0. The molecule has 0 heterocycles. The van der Waals surface area contributed by atoms with E-state index in [1.165, 1.54) is 0 Å². The van der Waals surface area contributed by atoms with Crippen molar-refractivity contribution >= 4 is 0 Å². The summed E-state index contributed by atoms with van der Waals surface area (Å²) < 4.78 is 32.0. The Kier molecular flexibility index (Phi) is 3.92. The van der Waals surface area contributed by atoms with Crippen LogP contribution < -0.4 is 5.73 Å². The molecule has 5 heteroatoms.